The zero-order chi connectivity index (χ0) is 26.8. The summed E-state index contributed by atoms with van der Waals surface area (Å²) in [6.45, 7) is 0. The van der Waals surface area contributed by atoms with Gasteiger partial charge in [0.1, 0.15) is 11.1 Å². The van der Waals surface area contributed by atoms with E-state index in [9.17, 15) is 28.8 Å². The maximum absolute atomic E-state index is 12.5. The van der Waals surface area contributed by atoms with Gasteiger partial charge in [-0.2, -0.15) is 0 Å². The van der Waals surface area contributed by atoms with Crippen LogP contribution in [0.4, 0.5) is 9.59 Å². The van der Waals surface area contributed by atoms with Gasteiger partial charge in [0.2, 0.25) is 0 Å². The van der Waals surface area contributed by atoms with Crippen LogP contribution in [0.5, 0.6) is 0 Å². The van der Waals surface area contributed by atoms with Gasteiger partial charge in [-0.15, -0.1) is 11.3 Å². The topological polar surface area (TPSA) is 115 Å². The Balaban J connectivity index is 1.53. The third-order valence-corrected chi connectivity index (χ3v) is 7.55. The number of barbiturate groups is 2. The van der Waals surface area contributed by atoms with Crippen LogP contribution >= 0.6 is 11.3 Å². The van der Waals surface area contributed by atoms with Gasteiger partial charge >= 0.3 is 12.1 Å². The molecular weight excluding hydrogens is 496 g/mol. The van der Waals surface area contributed by atoms with Crippen LogP contribution in [0, 0.1) is 0 Å². The van der Waals surface area contributed by atoms with Crippen LogP contribution in [-0.4, -0.2) is 83.5 Å². The fourth-order valence-electron chi connectivity index (χ4n) is 4.27. The van der Waals surface area contributed by atoms with Crippen molar-refractivity contribution in [2.75, 3.05) is 28.2 Å². The maximum atomic E-state index is 12.5. The van der Waals surface area contributed by atoms with Crippen molar-refractivity contribution in [2.24, 2.45) is 0 Å². The minimum atomic E-state index is -0.681. The summed E-state index contributed by atoms with van der Waals surface area (Å²) in [5.74, 6) is -2.64. The average molecular weight is 517 g/mol. The average Bonchev–Trinajstić information content (AvgIpc) is 3.25. The molecule has 2 aromatic carbocycles. The van der Waals surface area contributed by atoms with Crippen molar-refractivity contribution in [3.63, 3.8) is 0 Å². The Bertz CT molecular complexity index is 1490. The first-order chi connectivity index (χ1) is 17.5. The first kappa shape index (κ1) is 24.1. The highest BCUT2D eigenvalue weighted by molar-refractivity contribution is 7.25. The summed E-state index contributed by atoms with van der Waals surface area (Å²) < 4.78 is 1.80. The lowest BCUT2D eigenvalue weighted by Crippen LogP contribution is -2.52. The number of benzene rings is 2. The van der Waals surface area contributed by atoms with E-state index in [4.69, 9.17) is 0 Å². The van der Waals surface area contributed by atoms with E-state index in [1.54, 1.807) is 12.1 Å². The molecule has 186 valence electrons. The Morgan fingerprint density at radius 1 is 0.541 bits per heavy atom. The van der Waals surface area contributed by atoms with Crippen LogP contribution in [0.1, 0.15) is 11.1 Å². The predicted octanol–water partition coefficient (Wildman–Crippen LogP) is 2.92. The highest BCUT2D eigenvalue weighted by atomic mass is 32.1. The van der Waals surface area contributed by atoms with Gasteiger partial charge in [-0.3, -0.25) is 38.8 Å². The smallest absolute Gasteiger partial charge is 0.268 e. The van der Waals surface area contributed by atoms with Crippen molar-refractivity contribution in [3.05, 3.63) is 58.7 Å². The maximum Gasteiger partial charge on any atom is 0.333 e. The van der Waals surface area contributed by atoms with Gasteiger partial charge < -0.3 is 0 Å². The number of thiophene rings is 1. The highest BCUT2D eigenvalue weighted by Gasteiger charge is 2.38. The third-order valence-electron chi connectivity index (χ3n) is 6.43. The van der Waals surface area contributed by atoms with Crippen LogP contribution in [-0.2, 0) is 19.2 Å². The van der Waals surface area contributed by atoms with E-state index in [-0.39, 0.29) is 11.1 Å². The Morgan fingerprint density at radius 3 is 1.19 bits per heavy atom. The van der Waals surface area contributed by atoms with Crippen molar-refractivity contribution in [3.8, 4) is 0 Å². The molecule has 3 aromatic rings. The molecule has 0 spiro atoms. The molecular formula is C26H20N4O6S. The molecule has 2 aliphatic rings. The standard InChI is InChI=1S/C26H20N4O6S/c1-27-21(31)17(22(32)28(2)25(27)35)9-13-5-7-15-16-8-6-14(12-20(16)37-19(15)11-13)10-18-23(33)29(3)26(36)30(4)24(18)34/h5-12H,1-4H3. The summed E-state index contributed by atoms with van der Waals surface area (Å²) in [5.41, 5.74) is 1.05. The van der Waals surface area contributed by atoms with E-state index in [0.717, 1.165) is 39.8 Å². The van der Waals surface area contributed by atoms with Crippen molar-refractivity contribution in [2.45, 2.75) is 0 Å². The Morgan fingerprint density at radius 2 is 0.865 bits per heavy atom. The van der Waals surface area contributed by atoms with Crippen molar-refractivity contribution in [1.82, 2.24) is 19.6 Å². The number of hydrogen-bond acceptors (Lipinski definition) is 7. The van der Waals surface area contributed by atoms with Gasteiger partial charge in [-0.05, 0) is 35.4 Å². The quantitative estimate of drug-likeness (QED) is 0.382. The molecule has 1 aromatic heterocycles. The second-order valence-corrected chi connectivity index (χ2v) is 9.83. The molecule has 11 heteroatoms. The summed E-state index contributed by atoms with van der Waals surface area (Å²) in [5, 5.41) is 1.92. The largest absolute Gasteiger partial charge is 0.333 e. The lowest BCUT2D eigenvalue weighted by Gasteiger charge is -2.28. The Kier molecular flexibility index (Phi) is 5.52. The second-order valence-electron chi connectivity index (χ2n) is 8.75. The summed E-state index contributed by atoms with van der Waals surface area (Å²) >= 11 is 1.47. The number of amides is 8. The number of hydrogen-bond donors (Lipinski definition) is 0. The van der Waals surface area contributed by atoms with Gasteiger partial charge in [-0.1, -0.05) is 24.3 Å². The first-order valence-electron chi connectivity index (χ1n) is 11.1. The predicted molar refractivity (Wildman–Crippen MR) is 137 cm³/mol. The zero-order valence-corrected chi connectivity index (χ0v) is 21.1. The minimum Gasteiger partial charge on any atom is -0.268 e. The third kappa shape index (κ3) is 3.71. The summed E-state index contributed by atoms with van der Waals surface area (Å²) in [6, 6.07) is 9.70. The molecule has 0 aliphatic carbocycles. The fraction of sp³-hybridized carbons (Fsp3) is 0.154. The number of nitrogens with zero attached hydrogens (tertiary/aromatic N) is 4. The molecule has 2 aliphatic heterocycles. The number of imide groups is 4. The molecule has 0 N–H and O–H groups in total. The van der Waals surface area contributed by atoms with Crippen LogP contribution < -0.4 is 0 Å². The molecule has 0 unspecified atom stereocenters. The van der Waals surface area contributed by atoms with Crippen LogP contribution in [0.2, 0.25) is 0 Å². The van der Waals surface area contributed by atoms with Crippen molar-refractivity contribution < 1.29 is 28.8 Å². The van der Waals surface area contributed by atoms with Gasteiger partial charge in [-0.25, -0.2) is 9.59 Å². The molecule has 2 fully saturated rings. The van der Waals surface area contributed by atoms with E-state index >= 15 is 0 Å². The van der Waals surface area contributed by atoms with Crippen molar-refractivity contribution >= 4 is 79.4 Å². The van der Waals surface area contributed by atoms with E-state index in [0.29, 0.717) is 11.1 Å². The second kappa shape index (κ2) is 8.49. The number of carbonyl (C=O) groups excluding carboxylic acids is 6. The first-order valence-corrected chi connectivity index (χ1v) is 11.9. The molecule has 0 radical (unpaired) electrons. The van der Waals surface area contributed by atoms with E-state index in [1.165, 1.54) is 51.7 Å². The van der Waals surface area contributed by atoms with E-state index in [2.05, 4.69) is 0 Å². The number of rotatable bonds is 2. The number of likely N-dealkylation sites (N-methyl/N-ethyl adjacent to an activating group) is 4. The highest BCUT2D eigenvalue weighted by Crippen LogP contribution is 2.36. The van der Waals surface area contributed by atoms with Crippen LogP contribution in [0.3, 0.4) is 0 Å². The molecule has 0 bridgehead atoms. The van der Waals surface area contributed by atoms with Crippen LogP contribution in [0.25, 0.3) is 32.3 Å². The van der Waals surface area contributed by atoms with E-state index < -0.39 is 35.7 Å². The van der Waals surface area contributed by atoms with Gasteiger partial charge in [0.25, 0.3) is 23.6 Å². The lowest BCUT2D eigenvalue weighted by atomic mass is 10.0. The number of urea groups is 2. The number of fused-ring (bicyclic) bond motifs is 3. The van der Waals surface area contributed by atoms with Crippen LogP contribution in [0.15, 0.2) is 47.5 Å². The van der Waals surface area contributed by atoms with Gasteiger partial charge in [0.05, 0.1) is 0 Å². The number of carbonyl (C=O) groups is 6. The Hall–Kier alpha value is -4.64. The summed E-state index contributed by atoms with van der Waals surface area (Å²) in [6.07, 6.45) is 2.94. The molecule has 8 amide bonds. The van der Waals surface area contributed by atoms with Crippen molar-refractivity contribution in [1.29, 1.82) is 0 Å². The molecule has 0 saturated carbocycles. The summed E-state index contributed by atoms with van der Waals surface area (Å²) in [4.78, 5) is 77.6. The fourth-order valence-corrected chi connectivity index (χ4v) is 5.48. The zero-order valence-electron chi connectivity index (χ0n) is 20.3. The Labute approximate surface area is 214 Å². The molecule has 3 heterocycles. The van der Waals surface area contributed by atoms with E-state index in [1.807, 2.05) is 24.3 Å². The molecule has 37 heavy (non-hydrogen) atoms. The molecule has 2 saturated heterocycles. The minimum absolute atomic E-state index is 0.103. The molecule has 10 nitrogen and oxygen atoms in total. The molecule has 5 rings (SSSR count). The van der Waals surface area contributed by atoms with Gasteiger partial charge in [0, 0.05) is 48.4 Å². The SMILES string of the molecule is CN1C(=O)C(=Cc2ccc3c(c2)sc2cc(C=C4C(=O)N(C)C(=O)N(C)C4=O)ccc23)C(=O)N(C)C1=O. The summed E-state index contributed by atoms with van der Waals surface area (Å²) in [7, 11) is 5.30. The van der Waals surface area contributed by atoms with Gasteiger partial charge in [0.15, 0.2) is 0 Å². The monoisotopic (exact) mass is 516 g/mol. The molecule has 0 atom stereocenters. The normalized spacial score (nSPS) is 17.2. The lowest BCUT2D eigenvalue weighted by molar-refractivity contribution is -0.135.